The minimum absolute atomic E-state index is 0.000900. The number of nitrogens with one attached hydrogen (secondary N) is 3. The molecule has 0 spiro atoms. The van der Waals surface area contributed by atoms with Crippen LogP contribution in [-0.2, 0) is 4.79 Å². The number of nitrogens with zero attached hydrogens (tertiary/aromatic N) is 1. The van der Waals surface area contributed by atoms with Crippen molar-refractivity contribution in [1.82, 2.24) is 15.2 Å². The Labute approximate surface area is 157 Å². The number of anilines is 1. The van der Waals surface area contributed by atoms with E-state index in [2.05, 4.69) is 20.5 Å². The van der Waals surface area contributed by atoms with Gasteiger partial charge in [0.1, 0.15) is 0 Å². The Morgan fingerprint density at radius 3 is 2.67 bits per heavy atom. The van der Waals surface area contributed by atoms with Crippen LogP contribution < -0.4 is 20.5 Å². The van der Waals surface area contributed by atoms with E-state index in [0.717, 1.165) is 17.8 Å². The number of aromatic nitrogens is 3. The average Bonchev–Trinajstić information content (AvgIpc) is 3.08. The highest BCUT2D eigenvalue weighted by molar-refractivity contribution is 7.99. The smallest absolute Gasteiger partial charge is 0.341 e. The SMILES string of the molecule is COc1ccccc1Oc1ccc(NC(=O)CSc2n[nH]c(=O)[nH]2)cc1F. The van der Waals surface area contributed by atoms with Gasteiger partial charge in [-0.1, -0.05) is 23.9 Å². The Bertz CT molecular complexity index is 1000. The summed E-state index contributed by atoms with van der Waals surface area (Å²) in [5, 5.41) is 8.73. The number of thioether (sulfide) groups is 1. The molecule has 140 valence electrons. The molecule has 3 N–H and O–H groups in total. The Balaban J connectivity index is 1.62. The van der Waals surface area contributed by atoms with Gasteiger partial charge >= 0.3 is 5.69 Å². The molecule has 0 atom stereocenters. The lowest BCUT2D eigenvalue weighted by molar-refractivity contribution is -0.113. The largest absolute Gasteiger partial charge is 0.493 e. The lowest BCUT2D eigenvalue weighted by Gasteiger charge is -2.11. The van der Waals surface area contributed by atoms with Crippen LogP contribution in [0.5, 0.6) is 17.2 Å². The zero-order valence-corrected chi connectivity index (χ0v) is 14.9. The number of hydrogen-bond acceptors (Lipinski definition) is 6. The summed E-state index contributed by atoms with van der Waals surface area (Å²) in [5.41, 5.74) is -0.174. The number of carbonyl (C=O) groups is 1. The van der Waals surface area contributed by atoms with E-state index in [1.807, 2.05) is 0 Å². The van der Waals surface area contributed by atoms with Crippen LogP contribution in [0.25, 0.3) is 0 Å². The van der Waals surface area contributed by atoms with E-state index in [9.17, 15) is 14.0 Å². The molecule has 10 heteroatoms. The molecule has 3 rings (SSSR count). The third-order valence-corrected chi connectivity index (χ3v) is 4.20. The van der Waals surface area contributed by atoms with Gasteiger partial charge in [-0.15, -0.1) is 5.10 Å². The predicted octanol–water partition coefficient (Wildman–Crippen LogP) is 2.77. The van der Waals surface area contributed by atoms with Crippen LogP contribution >= 0.6 is 11.8 Å². The Hall–Kier alpha value is -3.27. The van der Waals surface area contributed by atoms with Crippen molar-refractivity contribution in [3.63, 3.8) is 0 Å². The van der Waals surface area contributed by atoms with Crippen molar-refractivity contribution in [3.05, 3.63) is 58.8 Å². The molecular weight excluding hydrogens is 375 g/mol. The highest BCUT2D eigenvalue weighted by Crippen LogP contribution is 2.33. The number of amides is 1. The summed E-state index contributed by atoms with van der Waals surface area (Å²) < 4.78 is 25.0. The van der Waals surface area contributed by atoms with Crippen LogP contribution in [0, 0.1) is 5.82 Å². The zero-order chi connectivity index (χ0) is 19.2. The second-order valence-corrected chi connectivity index (χ2v) is 6.18. The predicted molar refractivity (Wildman–Crippen MR) is 98.0 cm³/mol. The van der Waals surface area contributed by atoms with Gasteiger partial charge in [0.2, 0.25) is 5.91 Å². The van der Waals surface area contributed by atoms with Gasteiger partial charge in [-0.05, 0) is 24.3 Å². The highest BCUT2D eigenvalue weighted by Gasteiger charge is 2.11. The normalized spacial score (nSPS) is 10.4. The minimum Gasteiger partial charge on any atom is -0.493 e. The summed E-state index contributed by atoms with van der Waals surface area (Å²) in [4.78, 5) is 25.3. The molecule has 8 nitrogen and oxygen atoms in total. The fourth-order valence-electron chi connectivity index (χ4n) is 2.14. The molecule has 0 saturated carbocycles. The van der Waals surface area contributed by atoms with E-state index < -0.39 is 11.5 Å². The summed E-state index contributed by atoms with van der Waals surface area (Å²) in [5.74, 6) is -0.157. The fraction of sp³-hybridized carbons (Fsp3) is 0.118. The number of methoxy groups -OCH3 is 1. The fourth-order valence-corrected chi connectivity index (χ4v) is 2.75. The van der Waals surface area contributed by atoms with Gasteiger partial charge in [-0.25, -0.2) is 14.3 Å². The molecule has 0 fully saturated rings. The number of para-hydroxylation sites is 2. The van der Waals surface area contributed by atoms with Crippen LogP contribution in [0.1, 0.15) is 0 Å². The summed E-state index contributed by atoms with van der Waals surface area (Å²) >= 11 is 1.04. The van der Waals surface area contributed by atoms with Gasteiger partial charge in [0.25, 0.3) is 0 Å². The Morgan fingerprint density at radius 2 is 2.00 bits per heavy atom. The molecule has 1 amide bonds. The number of ether oxygens (including phenoxy) is 2. The maximum Gasteiger partial charge on any atom is 0.341 e. The molecule has 3 aromatic rings. The van der Waals surface area contributed by atoms with Crippen LogP contribution in [0.2, 0.25) is 0 Å². The van der Waals surface area contributed by atoms with Crippen molar-refractivity contribution < 1.29 is 18.7 Å². The molecule has 0 saturated heterocycles. The lowest BCUT2D eigenvalue weighted by atomic mass is 10.2. The number of halogens is 1. The standard InChI is InChI=1S/C17H15FN4O4S/c1-25-13-4-2-3-5-14(13)26-12-7-6-10(8-11(12)18)19-15(23)9-27-17-20-16(24)21-22-17/h2-8H,9H2,1H3,(H,19,23)(H2,20,21,22,24). The first-order valence-electron chi connectivity index (χ1n) is 7.73. The first-order valence-corrected chi connectivity index (χ1v) is 8.71. The summed E-state index contributed by atoms with van der Waals surface area (Å²) in [6, 6.07) is 11.0. The van der Waals surface area contributed by atoms with E-state index in [-0.39, 0.29) is 23.1 Å². The first kappa shape index (κ1) is 18.5. The Kier molecular flexibility index (Phi) is 5.77. The molecule has 2 aromatic carbocycles. The molecule has 1 aromatic heterocycles. The monoisotopic (exact) mass is 390 g/mol. The quantitative estimate of drug-likeness (QED) is 0.535. The number of rotatable bonds is 7. The molecule has 27 heavy (non-hydrogen) atoms. The number of benzene rings is 2. The van der Waals surface area contributed by atoms with Gasteiger partial charge in [-0.2, -0.15) is 0 Å². The number of H-pyrrole nitrogens is 2. The van der Waals surface area contributed by atoms with Crippen molar-refractivity contribution in [2.45, 2.75) is 5.16 Å². The lowest BCUT2D eigenvalue weighted by Crippen LogP contribution is -2.14. The molecular formula is C17H15FN4O4S. The van der Waals surface area contributed by atoms with Gasteiger partial charge in [-0.3, -0.25) is 9.78 Å². The van der Waals surface area contributed by atoms with Gasteiger partial charge in [0, 0.05) is 11.8 Å². The molecule has 0 aliphatic rings. The maximum absolute atomic E-state index is 14.3. The van der Waals surface area contributed by atoms with Crippen molar-refractivity contribution in [2.24, 2.45) is 0 Å². The second-order valence-electron chi connectivity index (χ2n) is 5.22. The third kappa shape index (κ3) is 4.88. The van der Waals surface area contributed by atoms with Gasteiger partial charge in [0.05, 0.1) is 12.9 Å². The van der Waals surface area contributed by atoms with E-state index in [1.54, 1.807) is 24.3 Å². The molecule has 0 unspecified atom stereocenters. The molecule has 1 heterocycles. The number of aromatic amines is 2. The zero-order valence-electron chi connectivity index (χ0n) is 14.1. The van der Waals surface area contributed by atoms with E-state index in [1.165, 1.54) is 19.2 Å². The molecule has 0 aliphatic heterocycles. The van der Waals surface area contributed by atoms with Gasteiger partial charge < -0.3 is 14.8 Å². The number of hydrogen-bond donors (Lipinski definition) is 3. The first-order chi connectivity index (χ1) is 13.0. The van der Waals surface area contributed by atoms with E-state index in [4.69, 9.17) is 9.47 Å². The van der Waals surface area contributed by atoms with Gasteiger partial charge in [0.15, 0.2) is 28.2 Å². The van der Waals surface area contributed by atoms with Crippen LogP contribution in [0.15, 0.2) is 52.4 Å². The van der Waals surface area contributed by atoms with Crippen molar-refractivity contribution in [1.29, 1.82) is 0 Å². The van der Waals surface area contributed by atoms with Crippen molar-refractivity contribution in [2.75, 3.05) is 18.2 Å². The van der Waals surface area contributed by atoms with Crippen LogP contribution in [0.3, 0.4) is 0 Å². The van der Waals surface area contributed by atoms with Crippen LogP contribution in [0.4, 0.5) is 10.1 Å². The van der Waals surface area contributed by atoms with Crippen LogP contribution in [-0.4, -0.2) is 34.0 Å². The minimum atomic E-state index is -0.636. The summed E-state index contributed by atoms with van der Waals surface area (Å²) in [7, 11) is 1.49. The molecule has 0 radical (unpaired) electrons. The van der Waals surface area contributed by atoms with E-state index in [0.29, 0.717) is 16.7 Å². The average molecular weight is 390 g/mol. The topological polar surface area (TPSA) is 109 Å². The second kappa shape index (κ2) is 8.41. The summed E-state index contributed by atoms with van der Waals surface area (Å²) in [6.45, 7) is 0. The third-order valence-electron chi connectivity index (χ3n) is 3.32. The molecule has 0 aliphatic carbocycles. The summed E-state index contributed by atoms with van der Waals surface area (Å²) in [6.07, 6.45) is 0. The molecule has 0 bridgehead atoms. The van der Waals surface area contributed by atoms with Crippen molar-refractivity contribution in [3.8, 4) is 17.2 Å². The number of carbonyl (C=O) groups excluding carboxylic acids is 1. The Morgan fingerprint density at radius 1 is 1.22 bits per heavy atom. The maximum atomic E-state index is 14.3. The van der Waals surface area contributed by atoms with E-state index >= 15 is 0 Å². The highest BCUT2D eigenvalue weighted by atomic mass is 32.2. The van der Waals surface area contributed by atoms with Crippen molar-refractivity contribution >= 4 is 23.4 Å².